The number of aliphatic carboxylic acids is 1. The summed E-state index contributed by atoms with van der Waals surface area (Å²) >= 11 is 0. The van der Waals surface area contributed by atoms with Crippen LogP contribution >= 0.6 is 0 Å². The molecule has 0 fully saturated rings. The third kappa shape index (κ3) is 3.29. The highest BCUT2D eigenvalue weighted by molar-refractivity contribution is 7.89. The summed E-state index contributed by atoms with van der Waals surface area (Å²) in [4.78, 5) is 21.2. The molecule has 0 unspecified atom stereocenters. The molecule has 1 rings (SSSR count). The van der Waals surface area contributed by atoms with Crippen molar-refractivity contribution in [2.75, 3.05) is 6.54 Å². The zero-order chi connectivity index (χ0) is 13.2. The summed E-state index contributed by atoms with van der Waals surface area (Å²) in [7, 11) is -3.97. The van der Waals surface area contributed by atoms with E-state index in [4.69, 9.17) is 14.7 Å². The lowest BCUT2D eigenvalue weighted by molar-refractivity contribution is -0.135. The number of carbonyl (C=O) groups is 2. The Morgan fingerprint density at radius 2 is 2.12 bits per heavy atom. The second-order valence-electron chi connectivity index (χ2n) is 3.15. The Kier molecular flexibility index (Phi) is 3.53. The monoisotopic (exact) mass is 262 g/mol. The first-order chi connectivity index (χ1) is 7.71. The van der Waals surface area contributed by atoms with E-state index >= 15 is 0 Å². The minimum absolute atomic E-state index is 0.0343. The normalized spacial score (nSPS) is 11.2. The highest BCUT2D eigenvalue weighted by Gasteiger charge is 2.21. The van der Waals surface area contributed by atoms with Crippen LogP contribution in [-0.4, -0.2) is 31.9 Å². The number of nitrogens with two attached hydrogens (primary N) is 1. The fourth-order valence-corrected chi connectivity index (χ4v) is 1.82. The van der Waals surface area contributed by atoms with Gasteiger partial charge < -0.3 is 14.8 Å². The molecule has 4 N–H and O–H groups in total. The fourth-order valence-electron chi connectivity index (χ4n) is 1.10. The van der Waals surface area contributed by atoms with Gasteiger partial charge in [-0.2, -0.15) is 0 Å². The molecule has 0 aliphatic carbocycles. The van der Waals surface area contributed by atoms with E-state index in [0.29, 0.717) is 0 Å². The molecule has 17 heavy (non-hydrogen) atoms. The molecule has 1 amide bonds. The molecule has 94 valence electrons. The number of amides is 1. The van der Waals surface area contributed by atoms with Gasteiger partial charge in [0.1, 0.15) is 17.2 Å². The number of aryl methyl sites for hydroxylation is 1. The van der Waals surface area contributed by atoms with Crippen molar-refractivity contribution in [3.63, 3.8) is 0 Å². The molecular formula is C8H10N2O6S. The quantitative estimate of drug-likeness (QED) is 0.639. The molecule has 0 spiro atoms. The van der Waals surface area contributed by atoms with E-state index in [1.54, 1.807) is 0 Å². The summed E-state index contributed by atoms with van der Waals surface area (Å²) in [6.45, 7) is 0.733. The summed E-state index contributed by atoms with van der Waals surface area (Å²) < 4.78 is 27.0. The Labute approximate surface area is 96.5 Å². The molecule has 0 aromatic carbocycles. The third-order valence-electron chi connectivity index (χ3n) is 1.80. The van der Waals surface area contributed by atoms with Crippen molar-refractivity contribution >= 4 is 21.9 Å². The molecule has 0 aliphatic heterocycles. The third-order valence-corrected chi connectivity index (χ3v) is 2.82. The van der Waals surface area contributed by atoms with Crippen molar-refractivity contribution in [2.24, 2.45) is 5.14 Å². The molecule has 0 saturated heterocycles. The van der Waals surface area contributed by atoms with Crippen LogP contribution in [0.1, 0.15) is 16.3 Å². The van der Waals surface area contributed by atoms with Gasteiger partial charge >= 0.3 is 5.97 Å². The molecule has 0 saturated carbocycles. The number of hydrogen-bond acceptors (Lipinski definition) is 5. The summed E-state index contributed by atoms with van der Waals surface area (Å²) in [5.74, 6) is -2.40. The Morgan fingerprint density at radius 3 is 2.53 bits per heavy atom. The van der Waals surface area contributed by atoms with Crippen molar-refractivity contribution in [1.29, 1.82) is 0 Å². The van der Waals surface area contributed by atoms with E-state index in [1.807, 2.05) is 5.32 Å². The van der Waals surface area contributed by atoms with Gasteiger partial charge in [-0.25, -0.2) is 13.6 Å². The SMILES string of the molecule is Cc1oc(C(=O)NCC(=O)O)cc1S(N)(=O)=O. The molecule has 1 aromatic heterocycles. The second kappa shape index (κ2) is 4.55. The zero-order valence-electron chi connectivity index (χ0n) is 8.76. The van der Waals surface area contributed by atoms with Crippen LogP contribution < -0.4 is 10.5 Å². The number of carboxylic acids is 1. The van der Waals surface area contributed by atoms with Crippen molar-refractivity contribution in [3.05, 3.63) is 17.6 Å². The lowest BCUT2D eigenvalue weighted by atomic mass is 10.4. The van der Waals surface area contributed by atoms with Crippen LogP contribution in [0.3, 0.4) is 0 Å². The van der Waals surface area contributed by atoms with Crippen molar-refractivity contribution in [1.82, 2.24) is 5.32 Å². The van der Waals surface area contributed by atoms with Crippen LogP contribution in [0.5, 0.6) is 0 Å². The number of nitrogens with one attached hydrogen (secondary N) is 1. The van der Waals surface area contributed by atoms with Crippen molar-refractivity contribution < 1.29 is 27.5 Å². The van der Waals surface area contributed by atoms with E-state index in [0.717, 1.165) is 6.07 Å². The topological polar surface area (TPSA) is 140 Å². The molecule has 9 heteroatoms. The minimum atomic E-state index is -3.97. The number of hydrogen-bond donors (Lipinski definition) is 3. The Balaban J connectivity index is 2.94. The van der Waals surface area contributed by atoms with Gasteiger partial charge in [0, 0.05) is 6.07 Å². The van der Waals surface area contributed by atoms with Crippen LogP contribution in [0.4, 0.5) is 0 Å². The molecule has 1 heterocycles. The van der Waals surface area contributed by atoms with Gasteiger partial charge in [-0.15, -0.1) is 0 Å². The molecule has 0 bridgehead atoms. The summed E-state index contributed by atoms with van der Waals surface area (Å²) in [6.07, 6.45) is 0. The van der Waals surface area contributed by atoms with Crippen LogP contribution in [0.15, 0.2) is 15.4 Å². The molecular weight excluding hydrogens is 252 g/mol. The first-order valence-corrected chi connectivity index (χ1v) is 5.89. The number of sulfonamides is 1. The molecule has 0 aliphatic rings. The predicted octanol–water partition coefficient (Wildman–Crippen LogP) is -0.950. The van der Waals surface area contributed by atoms with E-state index in [-0.39, 0.29) is 16.4 Å². The van der Waals surface area contributed by atoms with E-state index in [2.05, 4.69) is 0 Å². The lowest BCUT2D eigenvalue weighted by Gasteiger charge is -1.97. The molecule has 0 radical (unpaired) electrons. The van der Waals surface area contributed by atoms with E-state index < -0.39 is 28.4 Å². The number of rotatable bonds is 4. The van der Waals surface area contributed by atoms with Gasteiger partial charge in [0.25, 0.3) is 5.91 Å². The minimum Gasteiger partial charge on any atom is -0.480 e. The maximum absolute atomic E-state index is 11.3. The van der Waals surface area contributed by atoms with Crippen molar-refractivity contribution in [3.8, 4) is 0 Å². The Morgan fingerprint density at radius 1 is 1.53 bits per heavy atom. The molecule has 0 atom stereocenters. The summed E-state index contributed by atoms with van der Waals surface area (Å²) in [5.41, 5.74) is 0. The largest absolute Gasteiger partial charge is 0.480 e. The van der Waals surface area contributed by atoms with Gasteiger partial charge in [0.2, 0.25) is 10.0 Å². The zero-order valence-corrected chi connectivity index (χ0v) is 9.58. The van der Waals surface area contributed by atoms with Crippen LogP contribution in [0.2, 0.25) is 0 Å². The number of carboxylic acid groups (broad SMARTS) is 1. The van der Waals surface area contributed by atoms with Gasteiger partial charge in [0.15, 0.2) is 5.76 Å². The molecule has 1 aromatic rings. The van der Waals surface area contributed by atoms with Gasteiger partial charge in [0.05, 0.1) is 0 Å². The summed E-state index contributed by atoms with van der Waals surface area (Å²) in [6, 6.07) is 0.946. The lowest BCUT2D eigenvalue weighted by Crippen LogP contribution is -2.28. The number of primary sulfonamides is 1. The average Bonchev–Trinajstić information content (AvgIpc) is 2.56. The van der Waals surface area contributed by atoms with Crippen LogP contribution in [-0.2, 0) is 14.8 Å². The second-order valence-corrected chi connectivity index (χ2v) is 4.68. The van der Waals surface area contributed by atoms with Gasteiger partial charge in [-0.3, -0.25) is 9.59 Å². The van der Waals surface area contributed by atoms with Crippen LogP contribution in [0.25, 0.3) is 0 Å². The standard InChI is InChI=1S/C8H10N2O6S/c1-4-6(17(9,14)15)2-5(16-4)8(13)10-3-7(11)12/h2H,3H2,1H3,(H,10,13)(H,11,12)(H2,9,14,15). The average molecular weight is 262 g/mol. The van der Waals surface area contributed by atoms with Crippen LogP contribution in [0, 0.1) is 6.92 Å². The maximum Gasteiger partial charge on any atom is 0.322 e. The van der Waals surface area contributed by atoms with Gasteiger partial charge in [-0.1, -0.05) is 0 Å². The first-order valence-electron chi connectivity index (χ1n) is 4.35. The summed E-state index contributed by atoms with van der Waals surface area (Å²) in [5, 5.41) is 15.2. The predicted molar refractivity (Wildman–Crippen MR) is 54.8 cm³/mol. The Bertz CT molecular complexity index is 559. The van der Waals surface area contributed by atoms with E-state index in [1.165, 1.54) is 6.92 Å². The fraction of sp³-hybridized carbons (Fsp3) is 0.250. The van der Waals surface area contributed by atoms with Gasteiger partial charge in [-0.05, 0) is 6.92 Å². The van der Waals surface area contributed by atoms with E-state index in [9.17, 15) is 18.0 Å². The smallest absolute Gasteiger partial charge is 0.322 e. The number of furan rings is 1. The molecule has 8 nitrogen and oxygen atoms in total. The maximum atomic E-state index is 11.3. The number of carbonyl (C=O) groups excluding carboxylic acids is 1. The van der Waals surface area contributed by atoms with Crippen molar-refractivity contribution in [2.45, 2.75) is 11.8 Å². The first kappa shape index (κ1) is 13.2. The Hall–Kier alpha value is -1.87. The highest BCUT2D eigenvalue weighted by Crippen LogP contribution is 2.18. The highest BCUT2D eigenvalue weighted by atomic mass is 32.2.